The van der Waals surface area contributed by atoms with Gasteiger partial charge in [-0.3, -0.25) is 9.59 Å². The Balaban J connectivity index is 1.30. The van der Waals surface area contributed by atoms with Gasteiger partial charge in [0.05, 0.1) is 18.0 Å². The first-order chi connectivity index (χ1) is 20.0. The van der Waals surface area contributed by atoms with Gasteiger partial charge in [0.2, 0.25) is 11.8 Å². The van der Waals surface area contributed by atoms with E-state index in [1.807, 2.05) is 91.0 Å². The fourth-order valence-corrected chi connectivity index (χ4v) is 5.29. The van der Waals surface area contributed by atoms with Crippen molar-refractivity contribution < 1.29 is 28.7 Å². The van der Waals surface area contributed by atoms with Crippen LogP contribution in [0.25, 0.3) is 0 Å². The molecule has 2 aliphatic rings. The van der Waals surface area contributed by atoms with E-state index < -0.39 is 36.1 Å². The highest BCUT2D eigenvalue weighted by Crippen LogP contribution is 2.24. The average Bonchev–Trinajstić information content (AvgIpc) is 3.54. The van der Waals surface area contributed by atoms with Crippen LogP contribution >= 0.6 is 0 Å². The van der Waals surface area contributed by atoms with Crippen molar-refractivity contribution in [1.82, 2.24) is 9.80 Å². The maximum absolute atomic E-state index is 13.8. The molecule has 0 saturated carbocycles. The molecule has 3 atom stereocenters. The van der Waals surface area contributed by atoms with E-state index in [9.17, 15) is 19.2 Å². The van der Waals surface area contributed by atoms with Crippen LogP contribution < -0.4 is 0 Å². The molecule has 3 aromatic rings. The van der Waals surface area contributed by atoms with E-state index in [2.05, 4.69) is 0 Å². The molecule has 0 N–H and O–H groups in total. The second kappa shape index (κ2) is 13.1. The zero-order chi connectivity index (χ0) is 28.6. The Bertz CT molecular complexity index is 1390. The summed E-state index contributed by atoms with van der Waals surface area (Å²) >= 11 is 0. The van der Waals surface area contributed by atoms with Crippen LogP contribution in [-0.4, -0.2) is 59.1 Å². The predicted molar refractivity (Wildman–Crippen MR) is 152 cm³/mol. The number of cyclic esters (lactones) is 2. The molecule has 0 radical (unpaired) electrons. The van der Waals surface area contributed by atoms with Crippen LogP contribution in [0.4, 0.5) is 9.59 Å². The fourth-order valence-electron chi connectivity index (χ4n) is 5.29. The lowest BCUT2D eigenvalue weighted by Gasteiger charge is -2.24. The summed E-state index contributed by atoms with van der Waals surface area (Å²) < 4.78 is 10.5. The molecule has 0 unspecified atom stereocenters. The quantitative estimate of drug-likeness (QED) is 0.330. The van der Waals surface area contributed by atoms with Crippen molar-refractivity contribution in [2.45, 2.75) is 37.8 Å². The summed E-state index contributed by atoms with van der Waals surface area (Å²) in [6, 6.07) is 27.9. The molecule has 0 spiro atoms. The second-order valence-corrected chi connectivity index (χ2v) is 10.2. The molecule has 5 rings (SSSR count). The van der Waals surface area contributed by atoms with Gasteiger partial charge < -0.3 is 9.47 Å². The summed E-state index contributed by atoms with van der Waals surface area (Å²) in [7, 11) is 0. The van der Waals surface area contributed by atoms with Crippen molar-refractivity contribution in [2.24, 2.45) is 5.92 Å². The van der Waals surface area contributed by atoms with Crippen molar-refractivity contribution in [3.63, 3.8) is 0 Å². The first kappa shape index (κ1) is 27.8. The third-order valence-electron chi connectivity index (χ3n) is 7.33. The lowest BCUT2D eigenvalue weighted by molar-refractivity contribution is -0.132. The van der Waals surface area contributed by atoms with Gasteiger partial charge in [-0.15, -0.1) is 0 Å². The normalized spacial score (nSPS) is 19.3. The number of hydrogen-bond donors (Lipinski definition) is 0. The van der Waals surface area contributed by atoms with Crippen LogP contribution in [0.5, 0.6) is 0 Å². The minimum atomic E-state index is -0.709. The Morgan fingerprint density at radius 2 is 1.17 bits per heavy atom. The monoisotopic (exact) mass is 552 g/mol. The molecule has 41 heavy (non-hydrogen) atoms. The van der Waals surface area contributed by atoms with Crippen molar-refractivity contribution in [1.29, 1.82) is 0 Å². The minimum absolute atomic E-state index is 0.0865. The highest BCUT2D eigenvalue weighted by atomic mass is 16.6. The molecule has 8 nitrogen and oxygen atoms in total. The molecule has 2 aliphatic heterocycles. The number of imide groups is 2. The van der Waals surface area contributed by atoms with E-state index in [0.29, 0.717) is 19.3 Å². The van der Waals surface area contributed by atoms with Gasteiger partial charge in [-0.05, 0) is 36.0 Å². The predicted octanol–water partition coefficient (Wildman–Crippen LogP) is 4.97. The average molecular weight is 553 g/mol. The van der Waals surface area contributed by atoms with Gasteiger partial charge in [-0.2, -0.15) is 0 Å². The van der Waals surface area contributed by atoms with Crippen LogP contribution in [-0.2, 0) is 38.3 Å². The first-order valence-electron chi connectivity index (χ1n) is 13.8. The highest BCUT2D eigenvalue weighted by molar-refractivity contribution is 5.96. The molecule has 210 valence electrons. The van der Waals surface area contributed by atoms with Crippen LogP contribution in [0.3, 0.4) is 0 Å². The van der Waals surface area contributed by atoms with Gasteiger partial charge in [0.15, 0.2) is 0 Å². The van der Waals surface area contributed by atoms with E-state index >= 15 is 0 Å². The van der Waals surface area contributed by atoms with E-state index in [4.69, 9.17) is 9.47 Å². The van der Waals surface area contributed by atoms with Crippen LogP contribution in [0.2, 0.25) is 0 Å². The minimum Gasteiger partial charge on any atom is -0.447 e. The Kier molecular flexibility index (Phi) is 8.89. The van der Waals surface area contributed by atoms with Gasteiger partial charge >= 0.3 is 12.2 Å². The topological polar surface area (TPSA) is 93.2 Å². The summed E-state index contributed by atoms with van der Waals surface area (Å²) in [5.74, 6) is -1.50. The maximum atomic E-state index is 13.8. The molecule has 3 aromatic carbocycles. The standard InChI is InChI=1S/C33H32N2O6/c36-30(34-28(22-40-32(34)38)20-25-13-6-2-7-14-25)18-10-17-27(19-24-11-4-1-5-12-24)31(37)35-29(23-41-33(35)39)21-26-15-8-3-9-16-26/h1-17,27-29H,18-23H2/b17-10+/t27-,28+,29+/m1/s1. The van der Waals surface area contributed by atoms with Gasteiger partial charge in [0.25, 0.3) is 0 Å². The smallest absolute Gasteiger partial charge is 0.417 e. The van der Waals surface area contributed by atoms with Gasteiger partial charge in [0.1, 0.15) is 13.2 Å². The second-order valence-electron chi connectivity index (χ2n) is 10.2. The van der Waals surface area contributed by atoms with Crippen molar-refractivity contribution in [3.8, 4) is 0 Å². The number of amides is 4. The van der Waals surface area contributed by atoms with E-state index in [-0.39, 0.29) is 25.5 Å². The molecular weight excluding hydrogens is 520 g/mol. The lowest BCUT2D eigenvalue weighted by atomic mass is 9.95. The molecule has 2 heterocycles. The van der Waals surface area contributed by atoms with Crippen molar-refractivity contribution in [2.75, 3.05) is 13.2 Å². The number of carbonyl (C=O) groups is 4. The summed E-state index contributed by atoms with van der Waals surface area (Å²) in [6.07, 6.45) is 3.17. The maximum Gasteiger partial charge on any atom is 0.417 e. The number of ether oxygens (including phenoxy) is 2. The third kappa shape index (κ3) is 6.90. The number of hydrogen-bond acceptors (Lipinski definition) is 6. The zero-order valence-electron chi connectivity index (χ0n) is 22.6. The molecule has 2 saturated heterocycles. The Labute approximate surface area is 239 Å². The summed E-state index contributed by atoms with van der Waals surface area (Å²) in [6.45, 7) is 0.262. The summed E-state index contributed by atoms with van der Waals surface area (Å²) in [5, 5.41) is 0. The largest absolute Gasteiger partial charge is 0.447 e. The third-order valence-corrected chi connectivity index (χ3v) is 7.33. The molecule has 8 heteroatoms. The molecular formula is C33H32N2O6. The van der Waals surface area contributed by atoms with Gasteiger partial charge in [-0.1, -0.05) is 103 Å². The first-order valence-corrected chi connectivity index (χ1v) is 13.8. The number of nitrogens with zero attached hydrogens (tertiary/aromatic N) is 2. The SMILES string of the molecule is O=C(C/C=C/[C@H](Cc1ccccc1)C(=O)N1C(=O)OC[C@@H]1Cc1ccccc1)N1C(=O)OC[C@@H]1Cc1ccccc1. The van der Waals surface area contributed by atoms with E-state index in [1.165, 1.54) is 9.80 Å². The molecule has 0 aromatic heterocycles. The Morgan fingerprint density at radius 1 is 0.707 bits per heavy atom. The number of carbonyl (C=O) groups excluding carboxylic acids is 4. The van der Waals surface area contributed by atoms with Gasteiger partial charge in [-0.25, -0.2) is 19.4 Å². The van der Waals surface area contributed by atoms with Crippen LogP contribution in [0, 0.1) is 5.92 Å². The number of benzene rings is 3. The van der Waals surface area contributed by atoms with Crippen LogP contribution in [0.15, 0.2) is 103 Å². The number of rotatable bonds is 10. The molecule has 0 aliphatic carbocycles. The lowest BCUT2D eigenvalue weighted by Crippen LogP contribution is -2.43. The van der Waals surface area contributed by atoms with Crippen LogP contribution in [0.1, 0.15) is 23.1 Å². The molecule has 4 amide bonds. The Hall–Kier alpha value is -4.72. The van der Waals surface area contributed by atoms with E-state index in [1.54, 1.807) is 12.2 Å². The highest BCUT2D eigenvalue weighted by Gasteiger charge is 2.40. The van der Waals surface area contributed by atoms with Crippen molar-refractivity contribution >= 4 is 24.0 Å². The zero-order valence-corrected chi connectivity index (χ0v) is 22.6. The van der Waals surface area contributed by atoms with Gasteiger partial charge in [0, 0.05) is 6.42 Å². The fraction of sp³-hybridized carbons (Fsp3) is 0.273. The van der Waals surface area contributed by atoms with Crippen molar-refractivity contribution in [3.05, 3.63) is 120 Å². The summed E-state index contributed by atoms with van der Waals surface area (Å²) in [5.41, 5.74) is 2.91. The summed E-state index contributed by atoms with van der Waals surface area (Å²) in [4.78, 5) is 54.4. The molecule has 0 bridgehead atoms. The Morgan fingerprint density at radius 3 is 1.71 bits per heavy atom. The molecule has 2 fully saturated rings. The van der Waals surface area contributed by atoms with E-state index in [0.717, 1.165) is 16.7 Å².